The molecule has 1 aliphatic rings. The molecular weight excluding hydrogens is 492 g/mol. The van der Waals surface area contributed by atoms with Crippen LogP contribution in [0.4, 0.5) is 4.79 Å². The number of benzene rings is 2. The van der Waals surface area contributed by atoms with E-state index >= 15 is 0 Å². The van der Waals surface area contributed by atoms with E-state index in [0.29, 0.717) is 23.8 Å². The van der Waals surface area contributed by atoms with Gasteiger partial charge in [-0.25, -0.2) is 13.2 Å². The summed E-state index contributed by atoms with van der Waals surface area (Å²) in [4.78, 5) is 12.8. The maximum Gasteiger partial charge on any atom is 0.407 e. The molecule has 1 saturated carbocycles. The molecule has 1 amide bonds. The second kappa shape index (κ2) is 11.3. The predicted octanol–water partition coefficient (Wildman–Crippen LogP) is 4.68. The summed E-state index contributed by atoms with van der Waals surface area (Å²) in [6.07, 6.45) is 1.74. The van der Waals surface area contributed by atoms with E-state index in [4.69, 9.17) is 4.74 Å². The first kappa shape index (κ1) is 24.7. The van der Waals surface area contributed by atoms with E-state index in [1.165, 1.54) is 0 Å². The Labute approximate surface area is 199 Å². The number of halogens is 1. The molecule has 8 heteroatoms. The minimum absolute atomic E-state index is 0.0193. The van der Waals surface area contributed by atoms with Gasteiger partial charge < -0.3 is 15.4 Å². The van der Waals surface area contributed by atoms with Crippen LogP contribution in [-0.4, -0.2) is 38.4 Å². The Balaban J connectivity index is 1.68. The molecule has 0 unspecified atom stereocenters. The van der Waals surface area contributed by atoms with Gasteiger partial charge in [0, 0.05) is 22.6 Å². The fourth-order valence-corrected chi connectivity index (χ4v) is 6.14. The smallest absolute Gasteiger partial charge is 0.407 e. The standard InChI is InChI=1S/C24H31BrN2O4S/c1-17(2)26-21-10-13-23(27-24(28)31-15-18-6-4-3-5-7-18)19(14-21)16-32(29,30)22-11-8-20(25)9-12-22/h3-9,11-12,17,19,21,23,26H,10,13-16H2,1-2H3,(H,27,28)/t19-,21+,23+/m1/s1. The lowest BCUT2D eigenvalue weighted by atomic mass is 9.82. The van der Waals surface area contributed by atoms with Gasteiger partial charge in [0.05, 0.1) is 10.6 Å². The Bertz CT molecular complexity index is 981. The van der Waals surface area contributed by atoms with Gasteiger partial charge in [-0.2, -0.15) is 0 Å². The van der Waals surface area contributed by atoms with Crippen molar-refractivity contribution in [3.8, 4) is 0 Å². The second-order valence-electron chi connectivity index (χ2n) is 8.64. The Kier molecular flexibility index (Phi) is 8.73. The van der Waals surface area contributed by atoms with Crippen molar-refractivity contribution in [1.29, 1.82) is 0 Å². The van der Waals surface area contributed by atoms with Crippen molar-refractivity contribution in [3.05, 3.63) is 64.6 Å². The first-order chi connectivity index (χ1) is 15.2. The van der Waals surface area contributed by atoms with E-state index < -0.39 is 15.9 Å². The molecule has 2 N–H and O–H groups in total. The highest BCUT2D eigenvalue weighted by Gasteiger charge is 2.35. The maximum absolute atomic E-state index is 13.1. The summed E-state index contributed by atoms with van der Waals surface area (Å²) in [5.41, 5.74) is 0.904. The van der Waals surface area contributed by atoms with E-state index in [9.17, 15) is 13.2 Å². The Morgan fingerprint density at radius 2 is 1.78 bits per heavy atom. The number of hydrogen-bond acceptors (Lipinski definition) is 5. The molecule has 0 heterocycles. The number of rotatable bonds is 8. The van der Waals surface area contributed by atoms with Crippen molar-refractivity contribution >= 4 is 31.9 Å². The number of sulfone groups is 1. The van der Waals surface area contributed by atoms with Crippen LogP contribution in [0, 0.1) is 5.92 Å². The summed E-state index contributed by atoms with van der Waals surface area (Å²) in [6.45, 7) is 4.34. The number of alkyl carbamates (subject to hydrolysis) is 1. The molecule has 0 bridgehead atoms. The molecule has 0 aliphatic heterocycles. The van der Waals surface area contributed by atoms with Crippen LogP contribution in [0.15, 0.2) is 64.0 Å². The van der Waals surface area contributed by atoms with Gasteiger partial charge >= 0.3 is 6.09 Å². The van der Waals surface area contributed by atoms with Gasteiger partial charge in [-0.3, -0.25) is 0 Å². The van der Waals surface area contributed by atoms with Gasteiger partial charge in [0.25, 0.3) is 0 Å². The third-order valence-corrected chi connectivity index (χ3v) is 8.06. The fourth-order valence-electron chi connectivity index (χ4n) is 4.20. The highest BCUT2D eigenvalue weighted by atomic mass is 79.9. The number of amides is 1. The number of nitrogens with one attached hydrogen (secondary N) is 2. The molecule has 1 fully saturated rings. The molecule has 2 aromatic rings. The third-order valence-electron chi connectivity index (χ3n) is 5.67. The fraction of sp³-hybridized carbons (Fsp3) is 0.458. The SMILES string of the molecule is CC(C)N[C@H]1CC[C@H](NC(=O)OCc2ccccc2)[C@@H](CS(=O)(=O)c2ccc(Br)cc2)C1. The molecular formula is C24H31BrN2O4S. The second-order valence-corrected chi connectivity index (χ2v) is 11.6. The van der Waals surface area contributed by atoms with Gasteiger partial charge in [0.15, 0.2) is 9.84 Å². The van der Waals surface area contributed by atoms with Crippen molar-refractivity contribution in [2.45, 2.75) is 62.7 Å². The van der Waals surface area contributed by atoms with Crippen LogP contribution in [0.3, 0.4) is 0 Å². The average molecular weight is 523 g/mol. The van der Waals surface area contributed by atoms with E-state index in [-0.39, 0.29) is 30.4 Å². The zero-order valence-electron chi connectivity index (χ0n) is 18.5. The first-order valence-corrected chi connectivity index (χ1v) is 13.4. The van der Waals surface area contributed by atoms with Gasteiger partial charge in [0.1, 0.15) is 6.61 Å². The van der Waals surface area contributed by atoms with Crippen LogP contribution in [0.1, 0.15) is 38.7 Å². The highest BCUT2D eigenvalue weighted by Crippen LogP contribution is 2.29. The largest absolute Gasteiger partial charge is 0.445 e. The van der Waals surface area contributed by atoms with Crippen molar-refractivity contribution in [2.75, 3.05) is 5.75 Å². The van der Waals surface area contributed by atoms with Crippen LogP contribution in [0.2, 0.25) is 0 Å². The molecule has 0 aromatic heterocycles. The highest BCUT2D eigenvalue weighted by molar-refractivity contribution is 9.10. The number of carbonyl (C=O) groups excluding carboxylic acids is 1. The van der Waals surface area contributed by atoms with Gasteiger partial charge in [-0.1, -0.05) is 60.1 Å². The van der Waals surface area contributed by atoms with Gasteiger partial charge in [0.2, 0.25) is 0 Å². The molecule has 0 saturated heterocycles. The molecule has 32 heavy (non-hydrogen) atoms. The molecule has 3 rings (SSSR count). The summed E-state index contributed by atoms with van der Waals surface area (Å²) in [6, 6.07) is 16.4. The number of ether oxygens (including phenoxy) is 1. The molecule has 3 atom stereocenters. The third kappa shape index (κ3) is 7.32. The van der Waals surface area contributed by atoms with Crippen molar-refractivity contribution in [2.24, 2.45) is 5.92 Å². The number of carbonyl (C=O) groups is 1. The topological polar surface area (TPSA) is 84.5 Å². The summed E-state index contributed by atoms with van der Waals surface area (Å²) in [7, 11) is -3.49. The van der Waals surface area contributed by atoms with Gasteiger partial charge in [-0.05, 0) is 55.0 Å². The summed E-state index contributed by atoms with van der Waals surface area (Å²) < 4.78 is 32.4. The van der Waals surface area contributed by atoms with Crippen molar-refractivity contribution in [1.82, 2.24) is 10.6 Å². The van der Waals surface area contributed by atoms with Gasteiger partial charge in [-0.15, -0.1) is 0 Å². The molecule has 1 aliphatic carbocycles. The molecule has 2 aromatic carbocycles. The molecule has 6 nitrogen and oxygen atoms in total. The zero-order valence-corrected chi connectivity index (χ0v) is 20.9. The van der Waals surface area contributed by atoms with E-state index in [0.717, 1.165) is 16.5 Å². The summed E-state index contributed by atoms with van der Waals surface area (Å²) in [5, 5.41) is 6.46. The van der Waals surface area contributed by atoms with Crippen LogP contribution in [0.5, 0.6) is 0 Å². The van der Waals surface area contributed by atoms with Crippen LogP contribution in [0.25, 0.3) is 0 Å². The van der Waals surface area contributed by atoms with Crippen molar-refractivity contribution in [3.63, 3.8) is 0 Å². The Morgan fingerprint density at radius 1 is 1.09 bits per heavy atom. The minimum Gasteiger partial charge on any atom is -0.445 e. The lowest BCUT2D eigenvalue weighted by Crippen LogP contribution is -2.50. The van der Waals surface area contributed by atoms with Crippen LogP contribution < -0.4 is 10.6 Å². The first-order valence-electron chi connectivity index (χ1n) is 10.9. The lowest BCUT2D eigenvalue weighted by molar-refractivity contribution is 0.125. The van der Waals surface area contributed by atoms with E-state index in [1.54, 1.807) is 24.3 Å². The van der Waals surface area contributed by atoms with Crippen molar-refractivity contribution < 1.29 is 17.9 Å². The Hall–Kier alpha value is -1.90. The monoisotopic (exact) mass is 522 g/mol. The maximum atomic E-state index is 13.1. The van der Waals surface area contributed by atoms with E-state index in [1.807, 2.05) is 30.3 Å². The predicted molar refractivity (Wildman–Crippen MR) is 129 cm³/mol. The number of hydrogen-bond donors (Lipinski definition) is 2. The summed E-state index contributed by atoms with van der Waals surface area (Å²) in [5.74, 6) is -0.230. The normalized spacial score (nSPS) is 21.3. The minimum atomic E-state index is -3.49. The summed E-state index contributed by atoms with van der Waals surface area (Å²) >= 11 is 3.35. The zero-order chi connectivity index (χ0) is 23.1. The quantitative estimate of drug-likeness (QED) is 0.525. The van der Waals surface area contributed by atoms with Crippen LogP contribution >= 0.6 is 15.9 Å². The lowest BCUT2D eigenvalue weighted by Gasteiger charge is -2.37. The average Bonchev–Trinajstić information content (AvgIpc) is 2.74. The molecule has 174 valence electrons. The van der Waals surface area contributed by atoms with E-state index in [2.05, 4.69) is 40.4 Å². The molecule has 0 spiro atoms. The Morgan fingerprint density at radius 3 is 2.44 bits per heavy atom. The molecule has 0 radical (unpaired) electrons. The van der Waals surface area contributed by atoms with Crippen LogP contribution in [-0.2, 0) is 21.2 Å².